The summed E-state index contributed by atoms with van der Waals surface area (Å²) >= 11 is 0. The van der Waals surface area contributed by atoms with Crippen molar-refractivity contribution in [1.82, 2.24) is 0 Å². The number of hydrogen-bond acceptors (Lipinski definition) is 3. The lowest BCUT2D eigenvalue weighted by atomic mass is 10.0. The molecule has 0 radical (unpaired) electrons. The number of nitrogens with two attached hydrogens (primary N) is 1. The molecule has 0 bridgehead atoms. The van der Waals surface area contributed by atoms with E-state index in [0.29, 0.717) is 5.69 Å². The fourth-order valence-electron chi connectivity index (χ4n) is 1.94. The van der Waals surface area contributed by atoms with Crippen molar-refractivity contribution in [3.63, 3.8) is 0 Å². The van der Waals surface area contributed by atoms with Gasteiger partial charge in [-0.05, 0) is 32.0 Å². The van der Waals surface area contributed by atoms with Crippen molar-refractivity contribution in [2.75, 3.05) is 18.1 Å². The average molecular weight is 289 g/mol. The number of hydrogen-bond donors (Lipinski definition) is 3. The number of nitrogens with one attached hydrogen (secondary N) is 1. The van der Waals surface area contributed by atoms with Crippen molar-refractivity contribution in [3.8, 4) is 0 Å². The van der Waals surface area contributed by atoms with Crippen molar-refractivity contribution >= 4 is 11.5 Å². The van der Waals surface area contributed by atoms with Crippen LogP contribution in [0.15, 0.2) is 18.2 Å². The molecule has 0 aliphatic rings. The van der Waals surface area contributed by atoms with Crippen LogP contribution < -0.4 is 10.6 Å². The van der Waals surface area contributed by atoms with Gasteiger partial charge < -0.3 is 15.7 Å². The van der Waals surface area contributed by atoms with Gasteiger partial charge >= 0.3 is 6.18 Å². The normalized spacial score (nSPS) is 11.8. The lowest BCUT2D eigenvalue weighted by Crippen LogP contribution is -2.35. The third-order valence-electron chi connectivity index (χ3n) is 2.89. The number of nitrogens with zero attached hydrogens (tertiary/aromatic N) is 1. The van der Waals surface area contributed by atoms with Gasteiger partial charge in [-0.1, -0.05) is 0 Å². The molecule has 20 heavy (non-hydrogen) atoms. The highest BCUT2D eigenvalue weighted by Gasteiger charge is 2.31. The third-order valence-corrected chi connectivity index (χ3v) is 2.89. The molecule has 1 rings (SSSR count). The Bertz CT molecular complexity index is 486. The lowest BCUT2D eigenvalue weighted by molar-refractivity contribution is -0.137. The summed E-state index contributed by atoms with van der Waals surface area (Å²) in [5, 5.41) is 16.5. The van der Waals surface area contributed by atoms with Gasteiger partial charge in [-0.2, -0.15) is 13.2 Å². The highest BCUT2D eigenvalue weighted by atomic mass is 19.4. The molecule has 1 aromatic rings. The standard InChI is InChI=1S/C13H18F3N3O/c1-8(2)19(5-6-20)11-4-3-9(13(14,15)16)7-10(11)12(17)18/h3-4,7-8,20H,5-6H2,1-2H3,(H3,17,18). The molecule has 0 saturated heterocycles. The maximum Gasteiger partial charge on any atom is 0.416 e. The zero-order chi connectivity index (χ0) is 15.5. The van der Waals surface area contributed by atoms with Gasteiger partial charge in [0.05, 0.1) is 12.2 Å². The molecule has 0 fully saturated rings. The Morgan fingerprint density at radius 1 is 1.40 bits per heavy atom. The van der Waals surface area contributed by atoms with E-state index in [9.17, 15) is 13.2 Å². The number of halogens is 3. The van der Waals surface area contributed by atoms with E-state index in [2.05, 4.69) is 0 Å². The molecule has 1 aromatic carbocycles. The fourth-order valence-corrected chi connectivity index (χ4v) is 1.94. The molecule has 0 aromatic heterocycles. The molecule has 0 heterocycles. The average Bonchev–Trinajstić information content (AvgIpc) is 2.33. The topological polar surface area (TPSA) is 73.3 Å². The van der Waals surface area contributed by atoms with Crippen LogP contribution >= 0.6 is 0 Å². The van der Waals surface area contributed by atoms with Crippen LogP contribution in [0.4, 0.5) is 18.9 Å². The highest BCUT2D eigenvalue weighted by molar-refractivity contribution is 6.00. The molecule has 0 spiro atoms. The molecule has 4 N–H and O–H groups in total. The van der Waals surface area contributed by atoms with Crippen molar-refractivity contribution in [2.24, 2.45) is 5.73 Å². The van der Waals surface area contributed by atoms with E-state index in [0.717, 1.165) is 12.1 Å². The van der Waals surface area contributed by atoms with Crippen molar-refractivity contribution < 1.29 is 18.3 Å². The van der Waals surface area contributed by atoms with Crippen LogP contribution in [0.3, 0.4) is 0 Å². The van der Waals surface area contributed by atoms with Crippen LogP contribution in [0.25, 0.3) is 0 Å². The minimum atomic E-state index is -4.48. The van der Waals surface area contributed by atoms with Crippen LogP contribution in [-0.4, -0.2) is 30.1 Å². The number of aliphatic hydroxyl groups excluding tert-OH is 1. The summed E-state index contributed by atoms with van der Waals surface area (Å²) in [6, 6.07) is 3.06. The molecule has 0 atom stereocenters. The SMILES string of the molecule is CC(C)N(CCO)c1ccc(C(F)(F)F)cc1C(=N)N. The quantitative estimate of drug-likeness (QED) is 0.574. The third kappa shape index (κ3) is 3.63. The molecule has 0 aliphatic carbocycles. The van der Waals surface area contributed by atoms with Gasteiger partial charge in [-0.25, -0.2) is 0 Å². The smallest absolute Gasteiger partial charge is 0.395 e. The Labute approximate surface area is 115 Å². The molecule has 0 unspecified atom stereocenters. The zero-order valence-electron chi connectivity index (χ0n) is 11.3. The Kier molecular flexibility index (Phi) is 4.99. The molecule has 112 valence electrons. The first-order chi connectivity index (χ1) is 9.18. The van der Waals surface area contributed by atoms with Gasteiger partial charge in [-0.15, -0.1) is 0 Å². The van der Waals surface area contributed by atoms with Crippen molar-refractivity contribution in [3.05, 3.63) is 29.3 Å². The number of benzene rings is 1. The van der Waals surface area contributed by atoms with Crippen LogP contribution in [0, 0.1) is 5.41 Å². The van der Waals surface area contributed by atoms with Gasteiger partial charge in [0.25, 0.3) is 0 Å². The predicted octanol–water partition coefficient (Wildman–Crippen LogP) is 2.20. The lowest BCUT2D eigenvalue weighted by Gasteiger charge is -2.30. The first-order valence-electron chi connectivity index (χ1n) is 6.11. The largest absolute Gasteiger partial charge is 0.416 e. The van der Waals surface area contributed by atoms with Crippen LogP contribution in [-0.2, 0) is 6.18 Å². The first kappa shape index (κ1) is 16.3. The summed E-state index contributed by atoms with van der Waals surface area (Å²) in [7, 11) is 0. The molecule has 0 saturated carbocycles. The number of aliphatic hydroxyl groups is 1. The van der Waals surface area contributed by atoms with E-state index in [1.165, 1.54) is 6.07 Å². The number of nitrogen functional groups attached to an aromatic ring is 1. The Morgan fingerprint density at radius 3 is 2.40 bits per heavy atom. The maximum atomic E-state index is 12.7. The molecule has 4 nitrogen and oxygen atoms in total. The summed E-state index contributed by atoms with van der Waals surface area (Å²) < 4.78 is 38.1. The van der Waals surface area contributed by atoms with Crippen molar-refractivity contribution in [2.45, 2.75) is 26.1 Å². The highest BCUT2D eigenvalue weighted by Crippen LogP contribution is 2.33. The summed E-state index contributed by atoms with van der Waals surface area (Å²) in [5.41, 5.74) is 4.97. The van der Waals surface area contributed by atoms with Gasteiger partial charge in [0.2, 0.25) is 0 Å². The van der Waals surface area contributed by atoms with Crippen LogP contribution in [0.2, 0.25) is 0 Å². The van der Waals surface area contributed by atoms with E-state index in [4.69, 9.17) is 16.2 Å². The first-order valence-corrected chi connectivity index (χ1v) is 6.11. The van der Waals surface area contributed by atoms with Crippen LogP contribution in [0.1, 0.15) is 25.0 Å². The number of rotatable bonds is 5. The molecule has 0 amide bonds. The Morgan fingerprint density at radius 2 is 2.00 bits per heavy atom. The second kappa shape index (κ2) is 6.13. The van der Waals surface area contributed by atoms with Gasteiger partial charge in [0.1, 0.15) is 5.84 Å². The van der Waals surface area contributed by atoms with E-state index in [1.54, 1.807) is 4.90 Å². The summed E-state index contributed by atoms with van der Waals surface area (Å²) in [6.45, 7) is 3.80. The van der Waals surface area contributed by atoms with Gasteiger partial charge in [0, 0.05) is 23.8 Å². The second-order valence-electron chi connectivity index (χ2n) is 4.65. The summed E-state index contributed by atoms with van der Waals surface area (Å²) in [6.07, 6.45) is -4.48. The Hall–Kier alpha value is -1.76. The monoisotopic (exact) mass is 289 g/mol. The number of alkyl halides is 3. The fraction of sp³-hybridized carbons (Fsp3) is 0.462. The van der Waals surface area contributed by atoms with E-state index < -0.39 is 17.6 Å². The summed E-state index contributed by atoms with van der Waals surface area (Å²) in [4.78, 5) is 1.71. The van der Waals surface area contributed by atoms with E-state index in [-0.39, 0.29) is 24.8 Å². The minimum absolute atomic E-state index is 0.0157. The second-order valence-corrected chi connectivity index (χ2v) is 4.65. The number of anilines is 1. The zero-order valence-corrected chi connectivity index (χ0v) is 11.3. The Balaban J connectivity index is 3.36. The minimum Gasteiger partial charge on any atom is -0.395 e. The van der Waals surface area contributed by atoms with E-state index >= 15 is 0 Å². The maximum absolute atomic E-state index is 12.7. The molecular formula is C13H18F3N3O. The van der Waals surface area contributed by atoms with E-state index in [1.807, 2.05) is 13.8 Å². The van der Waals surface area contributed by atoms with Crippen LogP contribution in [0.5, 0.6) is 0 Å². The molecular weight excluding hydrogens is 271 g/mol. The number of amidine groups is 1. The van der Waals surface area contributed by atoms with Gasteiger partial charge in [0.15, 0.2) is 0 Å². The predicted molar refractivity (Wildman–Crippen MR) is 72.0 cm³/mol. The molecule has 0 aliphatic heterocycles. The summed E-state index contributed by atoms with van der Waals surface area (Å²) in [5.74, 6) is -0.435. The molecule has 7 heteroatoms. The van der Waals surface area contributed by atoms with Crippen molar-refractivity contribution in [1.29, 1.82) is 5.41 Å². The van der Waals surface area contributed by atoms with Gasteiger partial charge in [-0.3, -0.25) is 5.41 Å².